The van der Waals surface area contributed by atoms with E-state index in [0.29, 0.717) is 24.7 Å². The highest BCUT2D eigenvalue weighted by Gasteiger charge is 2.48. The maximum absolute atomic E-state index is 9.80. The molecule has 4 rings (SSSR count). The Kier molecular flexibility index (Phi) is 4.38. The van der Waals surface area contributed by atoms with Gasteiger partial charge in [-0.3, -0.25) is 0 Å². The van der Waals surface area contributed by atoms with E-state index in [0.717, 1.165) is 11.1 Å². The highest BCUT2D eigenvalue weighted by molar-refractivity contribution is 5.44. The van der Waals surface area contributed by atoms with Crippen LogP contribution in [0.15, 0.2) is 36.4 Å². The van der Waals surface area contributed by atoms with Gasteiger partial charge < -0.3 is 29.2 Å². The van der Waals surface area contributed by atoms with E-state index >= 15 is 0 Å². The summed E-state index contributed by atoms with van der Waals surface area (Å²) in [4.78, 5) is 0. The zero-order valence-corrected chi connectivity index (χ0v) is 14.7. The van der Waals surface area contributed by atoms with Crippen LogP contribution >= 0.6 is 0 Å². The van der Waals surface area contributed by atoms with Crippen molar-refractivity contribution in [1.82, 2.24) is 0 Å². The SMILES string of the molecule is COc1cc(C2OCC3C2CO[C@@H]3c2ccc(O)c(OC)c2)ccc1O. The van der Waals surface area contributed by atoms with Gasteiger partial charge in [-0.25, -0.2) is 0 Å². The molecule has 2 fully saturated rings. The minimum atomic E-state index is -0.0986. The van der Waals surface area contributed by atoms with E-state index in [1.807, 2.05) is 24.3 Å². The summed E-state index contributed by atoms with van der Waals surface area (Å²) in [5.41, 5.74) is 1.94. The molecule has 2 aromatic rings. The van der Waals surface area contributed by atoms with Crippen molar-refractivity contribution in [3.8, 4) is 23.0 Å². The molecule has 0 aromatic heterocycles. The number of rotatable bonds is 4. The van der Waals surface area contributed by atoms with Gasteiger partial charge in [0.1, 0.15) is 0 Å². The number of aromatic hydroxyl groups is 2. The number of hydrogen-bond acceptors (Lipinski definition) is 6. The predicted molar refractivity (Wildman–Crippen MR) is 93.7 cm³/mol. The fraction of sp³-hybridized carbons (Fsp3) is 0.400. The number of benzene rings is 2. The Morgan fingerprint density at radius 2 is 1.19 bits per heavy atom. The van der Waals surface area contributed by atoms with Crippen LogP contribution in [0.25, 0.3) is 0 Å². The molecule has 2 aliphatic heterocycles. The van der Waals surface area contributed by atoms with Crippen LogP contribution in [0.5, 0.6) is 23.0 Å². The summed E-state index contributed by atoms with van der Waals surface area (Å²) in [6.45, 7) is 1.18. The van der Waals surface area contributed by atoms with Gasteiger partial charge in [0.2, 0.25) is 0 Å². The van der Waals surface area contributed by atoms with Crippen LogP contribution in [0, 0.1) is 11.8 Å². The molecule has 0 bridgehead atoms. The minimum Gasteiger partial charge on any atom is -0.504 e. The number of phenolic OH excluding ortho intramolecular Hbond substituents is 2. The molecule has 2 heterocycles. The van der Waals surface area contributed by atoms with Crippen LogP contribution in [-0.2, 0) is 9.47 Å². The molecule has 26 heavy (non-hydrogen) atoms. The number of ether oxygens (including phenoxy) is 4. The van der Waals surface area contributed by atoms with Crippen molar-refractivity contribution in [2.75, 3.05) is 27.4 Å². The van der Waals surface area contributed by atoms with Gasteiger partial charge >= 0.3 is 0 Å². The zero-order chi connectivity index (χ0) is 18.3. The van der Waals surface area contributed by atoms with Crippen molar-refractivity contribution in [2.45, 2.75) is 12.2 Å². The third-order valence-corrected chi connectivity index (χ3v) is 5.33. The molecule has 2 N–H and O–H groups in total. The highest BCUT2D eigenvalue weighted by Crippen LogP contribution is 2.51. The number of fused-ring (bicyclic) bond motifs is 1. The maximum Gasteiger partial charge on any atom is 0.160 e. The lowest BCUT2D eigenvalue weighted by atomic mass is 9.85. The van der Waals surface area contributed by atoms with Crippen LogP contribution in [0.2, 0.25) is 0 Å². The molecule has 0 spiro atoms. The van der Waals surface area contributed by atoms with Gasteiger partial charge in [-0.2, -0.15) is 0 Å². The second kappa shape index (κ2) is 6.70. The first-order chi connectivity index (χ1) is 12.6. The van der Waals surface area contributed by atoms with Crippen LogP contribution in [-0.4, -0.2) is 37.6 Å². The Labute approximate surface area is 151 Å². The second-order valence-corrected chi connectivity index (χ2v) is 6.70. The third kappa shape index (κ3) is 2.75. The van der Waals surface area contributed by atoms with E-state index in [2.05, 4.69) is 0 Å². The topological polar surface area (TPSA) is 77.4 Å². The summed E-state index contributed by atoms with van der Waals surface area (Å²) in [6, 6.07) is 10.6. The number of phenols is 2. The molecule has 4 atom stereocenters. The first-order valence-corrected chi connectivity index (χ1v) is 8.59. The number of methoxy groups -OCH3 is 2. The highest BCUT2D eigenvalue weighted by atomic mass is 16.5. The van der Waals surface area contributed by atoms with Gasteiger partial charge in [0.05, 0.1) is 39.6 Å². The van der Waals surface area contributed by atoms with Crippen LogP contribution in [0.4, 0.5) is 0 Å². The molecule has 2 saturated heterocycles. The molecule has 3 unspecified atom stereocenters. The Bertz CT molecular complexity index is 737. The van der Waals surface area contributed by atoms with Crippen LogP contribution in [0.3, 0.4) is 0 Å². The molecule has 6 heteroatoms. The van der Waals surface area contributed by atoms with Gasteiger partial charge in [0.25, 0.3) is 0 Å². The molecule has 0 radical (unpaired) electrons. The van der Waals surface area contributed by atoms with Crippen molar-refractivity contribution in [3.05, 3.63) is 47.5 Å². The smallest absolute Gasteiger partial charge is 0.160 e. The standard InChI is InChI=1S/C20H22O6/c1-23-17-7-11(3-5-15(17)21)19-13-9-26-20(14(13)10-25-19)12-4-6-16(22)18(8-12)24-2/h3-8,13-14,19-22H,9-10H2,1-2H3/t13?,14?,19-,20?/m1/s1. The minimum absolute atomic E-state index is 0.0986. The van der Waals surface area contributed by atoms with Crippen LogP contribution < -0.4 is 9.47 Å². The lowest BCUT2D eigenvalue weighted by Gasteiger charge is -2.18. The van der Waals surface area contributed by atoms with Gasteiger partial charge in [0, 0.05) is 11.8 Å². The van der Waals surface area contributed by atoms with Gasteiger partial charge in [0.15, 0.2) is 23.0 Å². The lowest BCUT2D eigenvalue weighted by Crippen LogP contribution is -2.14. The molecule has 0 amide bonds. The summed E-state index contributed by atoms with van der Waals surface area (Å²) >= 11 is 0. The monoisotopic (exact) mass is 358 g/mol. The molecule has 2 aliphatic rings. The largest absolute Gasteiger partial charge is 0.504 e. The molecule has 138 valence electrons. The van der Waals surface area contributed by atoms with Gasteiger partial charge in [-0.1, -0.05) is 12.1 Å². The van der Waals surface area contributed by atoms with Crippen molar-refractivity contribution >= 4 is 0 Å². The number of hydrogen-bond donors (Lipinski definition) is 2. The predicted octanol–water partition coefficient (Wildman–Crippen LogP) is 3.19. The average Bonchev–Trinajstić information content (AvgIpc) is 3.25. The van der Waals surface area contributed by atoms with E-state index in [1.54, 1.807) is 12.1 Å². The van der Waals surface area contributed by atoms with E-state index in [1.165, 1.54) is 14.2 Å². The molecular weight excluding hydrogens is 336 g/mol. The molecule has 6 nitrogen and oxygen atoms in total. The first-order valence-electron chi connectivity index (χ1n) is 8.59. The van der Waals surface area contributed by atoms with E-state index < -0.39 is 0 Å². The molecular formula is C20H22O6. The van der Waals surface area contributed by atoms with E-state index in [9.17, 15) is 10.2 Å². The molecule has 0 saturated carbocycles. The van der Waals surface area contributed by atoms with Gasteiger partial charge in [-0.05, 0) is 35.4 Å². The van der Waals surface area contributed by atoms with Crippen molar-refractivity contribution in [1.29, 1.82) is 0 Å². The molecule has 0 aliphatic carbocycles. The first kappa shape index (κ1) is 17.0. The fourth-order valence-electron chi connectivity index (χ4n) is 3.98. The summed E-state index contributed by atoms with van der Waals surface area (Å²) in [5, 5.41) is 19.6. The Balaban J connectivity index is 1.58. The van der Waals surface area contributed by atoms with Crippen molar-refractivity contribution in [3.63, 3.8) is 0 Å². The van der Waals surface area contributed by atoms with Crippen molar-refractivity contribution < 1.29 is 29.2 Å². The van der Waals surface area contributed by atoms with E-state index in [-0.39, 0.29) is 35.5 Å². The maximum atomic E-state index is 9.80. The quantitative estimate of drug-likeness (QED) is 0.874. The van der Waals surface area contributed by atoms with Gasteiger partial charge in [-0.15, -0.1) is 0 Å². The summed E-state index contributed by atoms with van der Waals surface area (Å²) in [5.74, 6) is 1.54. The van der Waals surface area contributed by atoms with Crippen LogP contribution in [0.1, 0.15) is 23.3 Å². The Morgan fingerprint density at radius 3 is 1.58 bits per heavy atom. The summed E-state index contributed by atoms with van der Waals surface area (Å²) in [7, 11) is 3.06. The normalized spacial score (nSPS) is 27.3. The second-order valence-electron chi connectivity index (χ2n) is 6.70. The third-order valence-electron chi connectivity index (χ3n) is 5.33. The summed E-state index contributed by atoms with van der Waals surface area (Å²) < 4.78 is 22.6. The average molecular weight is 358 g/mol. The Morgan fingerprint density at radius 1 is 0.769 bits per heavy atom. The fourth-order valence-corrected chi connectivity index (χ4v) is 3.98. The zero-order valence-electron chi connectivity index (χ0n) is 14.7. The lowest BCUT2D eigenvalue weighted by molar-refractivity contribution is 0.0191. The molecule has 2 aromatic carbocycles. The van der Waals surface area contributed by atoms with E-state index in [4.69, 9.17) is 18.9 Å². The summed E-state index contributed by atoms with van der Waals surface area (Å²) in [6.07, 6.45) is -0.197. The Hall–Kier alpha value is -2.44. The van der Waals surface area contributed by atoms with Crippen molar-refractivity contribution in [2.24, 2.45) is 11.8 Å².